The number of Topliss-reactive ketones (excluding diaryl/α,β-unsaturated/α-hetero) is 1. The molecule has 6 saturated heterocycles. The second-order valence-electron chi connectivity index (χ2n) is 32.6. The van der Waals surface area contributed by atoms with Gasteiger partial charge in [0.1, 0.15) is 11.9 Å². The Balaban J connectivity index is 0.000000478. The van der Waals surface area contributed by atoms with Crippen molar-refractivity contribution in [2.45, 2.75) is 355 Å². The van der Waals surface area contributed by atoms with Gasteiger partial charge in [0.05, 0.1) is 23.7 Å². The molecule has 0 aliphatic carbocycles. The maximum Gasteiger partial charge on any atom is 0.311 e. The molecule has 0 bridgehead atoms. The number of ketones is 1. The molecule has 0 amide bonds. The van der Waals surface area contributed by atoms with Crippen LogP contribution in [0.25, 0.3) is 0 Å². The maximum atomic E-state index is 11.9. The Morgan fingerprint density at radius 2 is 0.709 bits per heavy atom. The number of aliphatic hydroxyl groups is 1. The van der Waals surface area contributed by atoms with Crippen molar-refractivity contribution in [2.75, 3.05) is 7.11 Å². The second-order valence-corrected chi connectivity index (χ2v) is 32.6. The summed E-state index contributed by atoms with van der Waals surface area (Å²) in [5, 5.41) is 86.3. The number of rotatable bonds is 2. The van der Waals surface area contributed by atoms with Gasteiger partial charge in [0, 0.05) is 105 Å². The van der Waals surface area contributed by atoms with Crippen LogP contribution in [0.5, 0.6) is 0 Å². The zero-order valence-electron chi connectivity index (χ0n) is 55.4. The highest BCUT2D eigenvalue weighted by atomic mass is 16.6. The second kappa shape index (κ2) is 26.1. The van der Waals surface area contributed by atoms with Crippen LogP contribution in [0.2, 0.25) is 0 Å². The van der Waals surface area contributed by atoms with Crippen LogP contribution in [0.3, 0.4) is 0 Å². The smallest absolute Gasteiger partial charge is 0.311 e. The van der Waals surface area contributed by atoms with Gasteiger partial charge in [-0.2, -0.15) is 35.6 Å². The van der Waals surface area contributed by atoms with E-state index >= 15 is 0 Å². The molecule has 0 saturated carbocycles. The van der Waals surface area contributed by atoms with Gasteiger partial charge in [0.25, 0.3) is 0 Å². The van der Waals surface area contributed by atoms with Crippen molar-refractivity contribution >= 4 is 11.8 Å². The highest BCUT2D eigenvalue weighted by Crippen LogP contribution is 2.42. The molecule has 6 heterocycles. The minimum atomic E-state index is -0.482. The van der Waals surface area contributed by atoms with E-state index in [0.717, 1.165) is 38.5 Å². The first kappa shape index (κ1) is 75.1. The van der Waals surface area contributed by atoms with Crippen LogP contribution in [0, 0.1) is 22.7 Å². The molecule has 7 N–H and O–H groups in total. The number of hydroxylamine groups is 12. The van der Waals surface area contributed by atoms with Gasteiger partial charge in [-0.25, -0.2) is 0 Å². The van der Waals surface area contributed by atoms with Crippen LogP contribution in [0.1, 0.15) is 270 Å². The third kappa shape index (κ3) is 20.7. The van der Waals surface area contributed by atoms with E-state index in [9.17, 15) is 45.9 Å². The molecule has 6 aliphatic heterocycles. The molecule has 0 spiro atoms. The number of carbonyl (C=O) groups excluding carboxylic acids is 2. The van der Waals surface area contributed by atoms with Crippen molar-refractivity contribution in [1.82, 2.24) is 30.4 Å². The summed E-state index contributed by atoms with van der Waals surface area (Å²) in [6.45, 7) is 53.1. The van der Waals surface area contributed by atoms with Gasteiger partial charge >= 0.3 is 5.97 Å². The van der Waals surface area contributed by atoms with Crippen LogP contribution in [-0.2, 0) is 19.1 Å². The Bertz CT molecular complexity index is 1910. The van der Waals surface area contributed by atoms with E-state index in [1.807, 2.05) is 159 Å². The molecule has 0 atom stereocenters. The number of ether oxygens (including phenoxy) is 2. The fourth-order valence-electron chi connectivity index (χ4n) is 13.5. The fourth-order valence-corrected chi connectivity index (χ4v) is 13.5. The summed E-state index contributed by atoms with van der Waals surface area (Å²) in [6, 6.07) is 2.30. The van der Waals surface area contributed by atoms with Crippen LogP contribution < -0.4 is 0 Å². The van der Waals surface area contributed by atoms with E-state index in [0.29, 0.717) is 38.5 Å². The zero-order valence-corrected chi connectivity index (χ0v) is 55.4. The van der Waals surface area contributed by atoms with Crippen molar-refractivity contribution in [1.29, 1.82) is 5.26 Å². The average Bonchev–Trinajstić information content (AvgIpc) is 3.23. The average molecular weight is 1130 g/mol. The van der Waals surface area contributed by atoms with E-state index in [4.69, 9.17) is 14.7 Å². The molecule has 0 radical (unpaired) electrons. The number of esters is 1. The van der Waals surface area contributed by atoms with Gasteiger partial charge in [0.2, 0.25) is 0 Å². The SMILES string of the molecule is CC(C)(C)C(=O)OC1CC(C)(C)N(O)C(C)(C)C1.CC1(C)CC(=O)CC(C)(C)N1O.CC1(C)CC(C#N)CC(C)(C)N1O.CC1(C)CC(O)CC(C)(C)N1O.CC1(C)CCCC(C)(C)N1O.COC1CC(C)(C)N(O)C(C)(C)C1. The first-order chi connectivity index (χ1) is 34.8. The van der Waals surface area contributed by atoms with Crippen molar-refractivity contribution in [2.24, 2.45) is 11.3 Å². The van der Waals surface area contributed by atoms with Gasteiger partial charge < -0.3 is 45.8 Å². The van der Waals surface area contributed by atoms with Crippen LogP contribution in [0.4, 0.5) is 0 Å². The lowest BCUT2D eigenvalue weighted by atomic mass is 9.76. The number of methoxy groups -OCH3 is 1. The quantitative estimate of drug-likeness (QED) is 0.127. The molecule has 18 nitrogen and oxygen atoms in total. The van der Waals surface area contributed by atoms with Gasteiger partial charge in [-0.3, -0.25) is 9.59 Å². The molecule has 0 aromatic heterocycles. The molecule has 0 aromatic rings. The summed E-state index contributed by atoms with van der Waals surface area (Å²) in [7, 11) is 1.74. The minimum absolute atomic E-state index is 0.0399. The molecule has 79 heavy (non-hydrogen) atoms. The summed E-state index contributed by atoms with van der Waals surface area (Å²) in [5.41, 5.74) is -3.77. The number of hydrogen-bond acceptors (Lipinski definition) is 18. The zero-order chi connectivity index (χ0) is 62.7. The molecular weight excluding hydrogens is 1010 g/mol. The molecule has 6 aliphatic rings. The third-order valence-electron chi connectivity index (χ3n) is 17.0. The van der Waals surface area contributed by atoms with Crippen LogP contribution in [-0.4, -0.2) is 170 Å². The summed E-state index contributed by atoms with van der Waals surface area (Å²) in [5.74, 6) is 0.120. The number of hydrogen-bond donors (Lipinski definition) is 7. The predicted molar refractivity (Wildman–Crippen MR) is 311 cm³/mol. The first-order valence-corrected chi connectivity index (χ1v) is 29.1. The fraction of sp³-hybridized carbons (Fsp3) is 0.951. The van der Waals surface area contributed by atoms with Crippen molar-refractivity contribution in [3.8, 4) is 6.07 Å². The highest BCUT2D eigenvalue weighted by Gasteiger charge is 2.50. The van der Waals surface area contributed by atoms with E-state index < -0.39 is 16.5 Å². The summed E-state index contributed by atoms with van der Waals surface area (Å²) >= 11 is 0. The Morgan fingerprint density at radius 1 is 0.456 bits per heavy atom. The minimum Gasteiger partial charge on any atom is -0.462 e. The number of nitrogens with zero attached hydrogens (tertiary/aromatic N) is 7. The molecule has 18 heteroatoms. The first-order valence-electron chi connectivity index (χ1n) is 29.1. The third-order valence-corrected chi connectivity index (χ3v) is 17.0. The monoisotopic (exact) mass is 1130 g/mol. The van der Waals surface area contributed by atoms with Gasteiger partial charge in [-0.15, -0.1) is 0 Å². The number of carbonyl (C=O) groups is 2. The number of aliphatic hydroxyl groups excluding tert-OH is 1. The normalized spacial score (nSPS) is 28.4. The molecule has 0 aromatic carbocycles. The number of piperidine rings is 6. The largest absolute Gasteiger partial charge is 0.462 e. The van der Waals surface area contributed by atoms with Gasteiger partial charge in [-0.1, -0.05) is 0 Å². The van der Waals surface area contributed by atoms with Crippen LogP contribution in [0.15, 0.2) is 0 Å². The summed E-state index contributed by atoms with van der Waals surface area (Å²) < 4.78 is 11.0. The Kier molecular flexibility index (Phi) is 24.8. The lowest BCUT2D eigenvalue weighted by molar-refractivity contribution is -0.260. The molecule has 6 rings (SSSR count). The van der Waals surface area contributed by atoms with Crippen LogP contribution >= 0.6 is 0 Å². The summed E-state index contributed by atoms with van der Waals surface area (Å²) in [6.07, 6.45) is 9.90. The molecule has 0 unspecified atom stereocenters. The topological polar surface area (TPSA) is 237 Å². The van der Waals surface area contributed by atoms with Gasteiger partial charge in [0.15, 0.2) is 0 Å². The lowest BCUT2D eigenvalue weighted by Crippen LogP contribution is -2.60. The van der Waals surface area contributed by atoms with E-state index in [-0.39, 0.29) is 91.4 Å². The Labute approximate surface area is 480 Å². The predicted octanol–water partition coefficient (Wildman–Crippen LogP) is 12.6. The summed E-state index contributed by atoms with van der Waals surface area (Å²) in [4.78, 5) is 23.2. The maximum absolute atomic E-state index is 11.9. The number of nitriles is 1. The molecular formula is C61H121N7O11. The van der Waals surface area contributed by atoms with E-state index in [2.05, 4.69) is 33.8 Å². The molecule has 466 valence electrons. The van der Waals surface area contributed by atoms with Crippen molar-refractivity contribution < 1.29 is 55.4 Å². The van der Waals surface area contributed by atoms with E-state index in [1.165, 1.54) is 36.8 Å². The molecule has 6 fully saturated rings. The van der Waals surface area contributed by atoms with Crippen molar-refractivity contribution in [3.63, 3.8) is 0 Å². The van der Waals surface area contributed by atoms with Crippen molar-refractivity contribution in [3.05, 3.63) is 0 Å². The Hall–Kier alpha value is -1.93. The van der Waals surface area contributed by atoms with E-state index in [1.54, 1.807) is 7.11 Å². The lowest BCUT2D eigenvalue weighted by Gasteiger charge is -2.51. The Morgan fingerprint density at radius 3 is 0.975 bits per heavy atom. The van der Waals surface area contributed by atoms with Gasteiger partial charge in [-0.05, 0) is 245 Å². The standard InChI is InChI=1S/C14H27NO3.C10H18N2O.C10H21NO2.C9H19NO2.C9H17NO2.C9H19NO/c1-12(2,3)11(16)18-10-8-13(4,5)15(17)14(6,7)9-10;1-9(2)5-8(7-11)6-10(3,4)12(9)13;1-9(2)6-8(13-5)7-10(3,4)11(9)12;2*1-8(2)5-7(11)6-9(3,4)10(8)12;1-8(2)6-5-7-9(3,4)10(8)11/h10,17H,8-9H2,1-7H3;8,13H,5-6H2,1-4H3;8,12H,6-7H2,1-5H3;7,11-12H,5-6H2,1-4H3;12H,5-6H2,1-4H3;11H,5-7H2,1-4H3. The highest BCUT2D eigenvalue weighted by molar-refractivity contribution is 5.81.